The molecule has 9 heteroatoms. The minimum atomic E-state index is -4.45. The maximum absolute atomic E-state index is 14.5. The number of primary sulfonamides is 1. The summed E-state index contributed by atoms with van der Waals surface area (Å²) in [4.78, 5) is -0.992. The molecule has 3 aromatic rings. The van der Waals surface area contributed by atoms with Crippen LogP contribution in [-0.4, -0.2) is 13.6 Å². The van der Waals surface area contributed by atoms with E-state index in [1.165, 1.54) is 0 Å². The third-order valence-corrected chi connectivity index (χ3v) is 4.70. The molecule has 0 spiro atoms. The predicted molar refractivity (Wildman–Crippen MR) is 88.2 cm³/mol. The van der Waals surface area contributed by atoms with Crippen LogP contribution in [0.15, 0.2) is 45.8 Å². The molecule has 0 bridgehead atoms. The lowest BCUT2D eigenvalue weighted by Crippen LogP contribution is -2.14. The zero-order valence-corrected chi connectivity index (χ0v) is 14.3. The summed E-state index contributed by atoms with van der Waals surface area (Å²) in [6, 6.07) is 8.01. The third-order valence-electron chi connectivity index (χ3n) is 3.77. The van der Waals surface area contributed by atoms with E-state index >= 15 is 0 Å². The number of aromatic nitrogens is 1. The number of nitrogens with zero attached hydrogens (tertiary/aromatic N) is 1. The van der Waals surface area contributed by atoms with Crippen molar-refractivity contribution in [3.8, 4) is 22.4 Å². The fraction of sp³-hybridized carbons (Fsp3) is 0.118. The van der Waals surface area contributed by atoms with Gasteiger partial charge in [-0.25, -0.2) is 26.7 Å². The highest BCUT2D eigenvalue weighted by Crippen LogP contribution is 2.38. The summed E-state index contributed by atoms with van der Waals surface area (Å²) in [6.07, 6.45) is 0. The van der Waals surface area contributed by atoms with Crippen LogP contribution in [0.2, 0.25) is 0 Å². The van der Waals surface area contributed by atoms with Gasteiger partial charge in [0.25, 0.3) is 0 Å². The smallest absolute Gasteiger partial charge is 0.241 e. The number of nitrogens with two attached hydrogens (primary N) is 1. The van der Waals surface area contributed by atoms with Crippen molar-refractivity contribution in [2.45, 2.75) is 18.5 Å². The van der Waals surface area contributed by atoms with Crippen molar-refractivity contribution in [1.29, 1.82) is 0 Å². The van der Waals surface area contributed by atoms with E-state index in [-0.39, 0.29) is 22.6 Å². The third kappa shape index (κ3) is 3.23. The van der Waals surface area contributed by atoms with Gasteiger partial charge in [-0.2, -0.15) is 0 Å². The van der Waals surface area contributed by atoms with Crippen LogP contribution in [0.3, 0.4) is 0 Å². The van der Waals surface area contributed by atoms with Crippen molar-refractivity contribution < 1.29 is 26.1 Å². The molecule has 0 aliphatic carbocycles. The van der Waals surface area contributed by atoms with Crippen LogP contribution < -0.4 is 5.14 Å². The second-order valence-electron chi connectivity index (χ2n) is 5.64. The van der Waals surface area contributed by atoms with Gasteiger partial charge in [-0.3, -0.25) is 0 Å². The van der Waals surface area contributed by atoms with Crippen molar-refractivity contribution in [2.75, 3.05) is 0 Å². The molecule has 26 heavy (non-hydrogen) atoms. The number of alkyl halides is 1. The van der Waals surface area contributed by atoms with Gasteiger partial charge in [-0.15, -0.1) is 0 Å². The first kappa shape index (κ1) is 18.2. The molecule has 1 aromatic heterocycles. The summed E-state index contributed by atoms with van der Waals surface area (Å²) in [5.74, 6) is -2.66. The van der Waals surface area contributed by atoms with Gasteiger partial charge in [0.15, 0.2) is 12.4 Å². The topological polar surface area (TPSA) is 86.2 Å². The van der Waals surface area contributed by atoms with E-state index in [2.05, 4.69) is 5.16 Å². The van der Waals surface area contributed by atoms with Gasteiger partial charge < -0.3 is 4.52 Å². The monoisotopic (exact) mass is 382 g/mol. The van der Waals surface area contributed by atoms with E-state index in [9.17, 15) is 21.6 Å². The Hall–Kier alpha value is -2.65. The van der Waals surface area contributed by atoms with E-state index in [1.54, 1.807) is 18.2 Å². The van der Waals surface area contributed by atoms with Crippen LogP contribution in [0.4, 0.5) is 13.2 Å². The fourth-order valence-corrected chi connectivity index (χ4v) is 3.22. The maximum atomic E-state index is 14.5. The molecule has 0 amide bonds. The Labute approximate surface area is 147 Å². The average molecular weight is 382 g/mol. The van der Waals surface area contributed by atoms with Crippen molar-refractivity contribution in [1.82, 2.24) is 5.16 Å². The highest BCUT2D eigenvalue weighted by atomic mass is 32.2. The van der Waals surface area contributed by atoms with Gasteiger partial charge >= 0.3 is 0 Å². The van der Waals surface area contributed by atoms with Crippen molar-refractivity contribution >= 4 is 10.0 Å². The number of hydrogen-bond donors (Lipinski definition) is 1. The molecule has 2 N–H and O–H groups in total. The Kier molecular flexibility index (Phi) is 4.59. The van der Waals surface area contributed by atoms with E-state index < -0.39 is 33.2 Å². The van der Waals surface area contributed by atoms with E-state index in [0.717, 1.165) is 5.56 Å². The zero-order chi connectivity index (χ0) is 19.1. The summed E-state index contributed by atoms with van der Waals surface area (Å²) >= 11 is 0. The van der Waals surface area contributed by atoms with E-state index in [4.69, 9.17) is 9.66 Å². The normalized spacial score (nSPS) is 11.7. The quantitative estimate of drug-likeness (QED) is 0.745. The molecule has 3 rings (SSSR count). The highest BCUT2D eigenvalue weighted by Gasteiger charge is 2.25. The van der Waals surface area contributed by atoms with Gasteiger partial charge in [0.1, 0.15) is 22.2 Å². The minimum absolute atomic E-state index is 0.0875. The Morgan fingerprint density at radius 1 is 1.15 bits per heavy atom. The standard InChI is InChI=1S/C17H13F3N2O3S/c1-9-3-2-4-10(5-9)17-16(14(8-18)25-22-17)11-6-13(20)15(7-12(11)19)26(21,23)24/h2-7H,8H2,1H3,(H2,21,23,24). The van der Waals surface area contributed by atoms with E-state index in [0.29, 0.717) is 17.7 Å². The van der Waals surface area contributed by atoms with Crippen LogP contribution in [-0.2, 0) is 16.7 Å². The molecule has 2 aromatic carbocycles. The predicted octanol–water partition coefficient (Wildman–Crippen LogP) is 3.71. The lowest BCUT2D eigenvalue weighted by atomic mass is 9.98. The Morgan fingerprint density at radius 2 is 1.88 bits per heavy atom. The van der Waals surface area contributed by atoms with Gasteiger partial charge in [-0.1, -0.05) is 28.9 Å². The average Bonchev–Trinajstić information content (AvgIpc) is 2.99. The van der Waals surface area contributed by atoms with Crippen molar-refractivity contribution in [2.24, 2.45) is 5.14 Å². The molecular formula is C17H13F3N2O3S. The zero-order valence-electron chi connectivity index (χ0n) is 13.5. The van der Waals surface area contributed by atoms with Crippen LogP contribution in [0.25, 0.3) is 22.4 Å². The first-order valence-electron chi connectivity index (χ1n) is 7.36. The van der Waals surface area contributed by atoms with E-state index in [1.807, 2.05) is 13.0 Å². The first-order valence-corrected chi connectivity index (χ1v) is 8.90. The molecule has 0 radical (unpaired) electrons. The maximum Gasteiger partial charge on any atom is 0.241 e. The summed E-state index contributed by atoms with van der Waals surface area (Å²) < 4.78 is 69.6. The summed E-state index contributed by atoms with van der Waals surface area (Å²) in [6.45, 7) is 0.715. The van der Waals surface area contributed by atoms with Crippen LogP contribution in [0, 0.1) is 18.6 Å². The molecule has 0 fully saturated rings. The molecule has 0 saturated heterocycles. The molecule has 0 aliphatic rings. The molecule has 5 nitrogen and oxygen atoms in total. The molecule has 0 saturated carbocycles. The molecular weight excluding hydrogens is 369 g/mol. The number of benzene rings is 2. The first-order chi connectivity index (χ1) is 12.2. The Morgan fingerprint density at radius 3 is 2.50 bits per heavy atom. The van der Waals surface area contributed by atoms with Crippen molar-refractivity contribution in [3.05, 3.63) is 59.4 Å². The molecule has 1 heterocycles. The van der Waals surface area contributed by atoms with Crippen molar-refractivity contribution in [3.63, 3.8) is 0 Å². The molecule has 0 unspecified atom stereocenters. The minimum Gasteiger partial charge on any atom is -0.357 e. The lowest BCUT2D eigenvalue weighted by molar-refractivity contribution is 0.332. The molecule has 136 valence electrons. The Balaban J connectivity index is 2.28. The molecule has 0 aliphatic heterocycles. The van der Waals surface area contributed by atoms with Gasteiger partial charge in [0.2, 0.25) is 10.0 Å². The second kappa shape index (κ2) is 6.58. The largest absolute Gasteiger partial charge is 0.357 e. The van der Waals surface area contributed by atoms with Gasteiger partial charge in [-0.05, 0) is 25.1 Å². The summed E-state index contributed by atoms with van der Waals surface area (Å²) in [5.41, 5.74) is 1.03. The number of hydrogen-bond acceptors (Lipinski definition) is 4. The van der Waals surface area contributed by atoms with Gasteiger partial charge in [0, 0.05) is 11.1 Å². The summed E-state index contributed by atoms with van der Waals surface area (Å²) in [7, 11) is -4.45. The lowest BCUT2D eigenvalue weighted by Gasteiger charge is -2.08. The SMILES string of the molecule is Cc1cccc(-c2noc(CF)c2-c2cc(F)c(S(N)(=O)=O)cc2F)c1. The Bertz CT molecular complexity index is 1090. The van der Waals surface area contributed by atoms with Crippen LogP contribution in [0.1, 0.15) is 11.3 Å². The van der Waals surface area contributed by atoms with Gasteiger partial charge in [0.05, 0.1) is 5.56 Å². The number of rotatable bonds is 4. The highest BCUT2D eigenvalue weighted by molar-refractivity contribution is 7.89. The molecule has 0 atom stereocenters. The number of halogens is 3. The number of sulfonamides is 1. The number of aryl methyl sites for hydroxylation is 1. The second-order valence-corrected chi connectivity index (χ2v) is 7.17. The van der Waals surface area contributed by atoms with Crippen LogP contribution in [0.5, 0.6) is 0 Å². The fourth-order valence-electron chi connectivity index (χ4n) is 2.62. The summed E-state index contributed by atoms with van der Waals surface area (Å²) in [5, 5.41) is 8.63. The van der Waals surface area contributed by atoms with Crippen LogP contribution >= 0.6 is 0 Å².